The molecule has 0 radical (unpaired) electrons. The van der Waals surface area contributed by atoms with E-state index in [2.05, 4.69) is 6.92 Å². The van der Waals surface area contributed by atoms with Crippen molar-refractivity contribution in [2.45, 2.75) is 26.4 Å². The Morgan fingerprint density at radius 3 is 1.90 bits per heavy atom. The summed E-state index contributed by atoms with van der Waals surface area (Å²) >= 11 is 0. The van der Waals surface area contributed by atoms with Crippen molar-refractivity contribution in [2.75, 3.05) is 20.3 Å². The van der Waals surface area contributed by atoms with Crippen LogP contribution >= 0.6 is 0 Å². The van der Waals surface area contributed by atoms with Gasteiger partial charge in [-0.15, -0.1) is 0 Å². The van der Waals surface area contributed by atoms with Crippen LogP contribution < -0.4 is 0 Å². The molecule has 3 heteroatoms. The minimum Gasteiger partial charge on any atom is -0.394 e. The summed E-state index contributed by atoms with van der Waals surface area (Å²) in [5, 5.41) is 16.0. The van der Waals surface area contributed by atoms with Crippen LogP contribution in [0.3, 0.4) is 0 Å². The van der Waals surface area contributed by atoms with E-state index in [-0.39, 0.29) is 6.61 Å². The molecule has 1 unspecified atom stereocenters. The minimum atomic E-state index is -0.560. The monoisotopic (exact) mass is 150 g/mol. The molecule has 0 aliphatic rings. The van der Waals surface area contributed by atoms with Gasteiger partial charge in [-0.3, -0.25) is 0 Å². The maximum Gasteiger partial charge on any atom is 0.0742 e. The Labute approximate surface area is 62.6 Å². The molecule has 0 fully saturated rings. The predicted molar refractivity (Wildman–Crippen MR) is 40.9 cm³/mol. The van der Waals surface area contributed by atoms with Crippen LogP contribution in [0.1, 0.15) is 20.3 Å². The highest BCUT2D eigenvalue weighted by molar-refractivity contribution is 4.34. The largest absolute Gasteiger partial charge is 0.394 e. The van der Waals surface area contributed by atoms with Gasteiger partial charge in [0, 0.05) is 13.7 Å². The highest BCUT2D eigenvalue weighted by Gasteiger charge is 1.83. The van der Waals surface area contributed by atoms with Crippen LogP contribution in [0.4, 0.5) is 0 Å². The first-order valence-electron chi connectivity index (χ1n) is 3.46. The summed E-state index contributed by atoms with van der Waals surface area (Å²) in [4.78, 5) is 0. The average molecular weight is 150 g/mol. The molecule has 1 atom stereocenters. The highest BCUT2D eigenvalue weighted by Crippen LogP contribution is 1.70. The van der Waals surface area contributed by atoms with Gasteiger partial charge in [0.2, 0.25) is 0 Å². The SMILES string of the molecule is CC(O)CO.CCCOC. The van der Waals surface area contributed by atoms with E-state index < -0.39 is 6.10 Å². The van der Waals surface area contributed by atoms with Gasteiger partial charge >= 0.3 is 0 Å². The Balaban J connectivity index is 0. The van der Waals surface area contributed by atoms with E-state index in [4.69, 9.17) is 14.9 Å². The Bertz CT molecular complexity index is 44.1. The molecule has 0 bridgehead atoms. The number of rotatable bonds is 3. The quantitative estimate of drug-likeness (QED) is 0.612. The van der Waals surface area contributed by atoms with E-state index in [0.717, 1.165) is 13.0 Å². The van der Waals surface area contributed by atoms with E-state index in [9.17, 15) is 0 Å². The van der Waals surface area contributed by atoms with Gasteiger partial charge in [-0.25, -0.2) is 0 Å². The van der Waals surface area contributed by atoms with Gasteiger partial charge in [-0.05, 0) is 13.3 Å². The average Bonchev–Trinajstić information content (AvgIpc) is 1.91. The third-order valence-electron chi connectivity index (χ3n) is 0.672. The maximum atomic E-state index is 8.11. The minimum absolute atomic E-state index is 0.139. The highest BCUT2D eigenvalue weighted by atomic mass is 16.5. The van der Waals surface area contributed by atoms with Crippen LogP contribution in [-0.2, 0) is 4.74 Å². The Morgan fingerprint density at radius 2 is 1.90 bits per heavy atom. The molecule has 64 valence electrons. The van der Waals surface area contributed by atoms with Crippen LogP contribution in [0.5, 0.6) is 0 Å². The number of hydrogen-bond donors (Lipinski definition) is 2. The first kappa shape index (κ1) is 12.5. The van der Waals surface area contributed by atoms with Crippen molar-refractivity contribution < 1.29 is 14.9 Å². The molecular weight excluding hydrogens is 132 g/mol. The van der Waals surface area contributed by atoms with E-state index >= 15 is 0 Å². The summed E-state index contributed by atoms with van der Waals surface area (Å²) in [7, 11) is 1.71. The van der Waals surface area contributed by atoms with Crippen molar-refractivity contribution in [3.63, 3.8) is 0 Å². The summed E-state index contributed by atoms with van der Waals surface area (Å²) < 4.78 is 4.69. The third kappa shape index (κ3) is 24.8. The van der Waals surface area contributed by atoms with Gasteiger partial charge < -0.3 is 14.9 Å². The fourth-order valence-electron chi connectivity index (χ4n) is 0.204. The molecular formula is C7H18O3. The fourth-order valence-corrected chi connectivity index (χ4v) is 0.204. The van der Waals surface area contributed by atoms with Gasteiger partial charge in [0.25, 0.3) is 0 Å². The van der Waals surface area contributed by atoms with Gasteiger partial charge in [0.15, 0.2) is 0 Å². The number of ether oxygens (including phenoxy) is 1. The lowest BCUT2D eigenvalue weighted by Crippen LogP contribution is -2.03. The molecule has 10 heavy (non-hydrogen) atoms. The summed E-state index contributed by atoms with van der Waals surface area (Å²) in [5.74, 6) is 0. The number of methoxy groups -OCH3 is 1. The smallest absolute Gasteiger partial charge is 0.0742 e. The number of aliphatic hydroxyl groups excluding tert-OH is 2. The van der Waals surface area contributed by atoms with E-state index in [1.54, 1.807) is 7.11 Å². The first-order valence-corrected chi connectivity index (χ1v) is 3.46. The molecule has 3 nitrogen and oxygen atoms in total. The fraction of sp³-hybridized carbons (Fsp3) is 1.00. The molecule has 0 aromatic heterocycles. The van der Waals surface area contributed by atoms with Crippen molar-refractivity contribution in [3.8, 4) is 0 Å². The summed E-state index contributed by atoms with van der Waals surface area (Å²) in [6, 6.07) is 0. The predicted octanol–water partition coefficient (Wildman–Crippen LogP) is 0.402. The molecule has 0 saturated carbocycles. The van der Waals surface area contributed by atoms with Crippen molar-refractivity contribution in [1.82, 2.24) is 0 Å². The van der Waals surface area contributed by atoms with Crippen LogP contribution in [0.15, 0.2) is 0 Å². The van der Waals surface area contributed by atoms with Crippen molar-refractivity contribution in [1.29, 1.82) is 0 Å². The maximum absolute atomic E-state index is 8.11. The first-order chi connectivity index (χ1) is 4.68. The molecule has 2 N–H and O–H groups in total. The van der Waals surface area contributed by atoms with Crippen LogP contribution in [0.25, 0.3) is 0 Å². The van der Waals surface area contributed by atoms with Crippen molar-refractivity contribution >= 4 is 0 Å². The van der Waals surface area contributed by atoms with Gasteiger partial charge in [-0.1, -0.05) is 6.92 Å². The van der Waals surface area contributed by atoms with E-state index in [1.165, 1.54) is 6.92 Å². The summed E-state index contributed by atoms with van der Waals surface area (Å²) in [5.41, 5.74) is 0. The molecule has 0 rings (SSSR count). The van der Waals surface area contributed by atoms with Crippen LogP contribution in [-0.4, -0.2) is 36.6 Å². The molecule has 0 aliphatic carbocycles. The Hall–Kier alpha value is -0.120. The number of aliphatic hydroxyl groups is 2. The molecule has 0 spiro atoms. The molecule has 0 amide bonds. The second-order valence-electron chi connectivity index (χ2n) is 2.02. The van der Waals surface area contributed by atoms with Gasteiger partial charge in [-0.2, -0.15) is 0 Å². The normalized spacial score (nSPS) is 11.7. The Morgan fingerprint density at radius 1 is 1.50 bits per heavy atom. The van der Waals surface area contributed by atoms with Crippen molar-refractivity contribution in [3.05, 3.63) is 0 Å². The molecule has 0 saturated heterocycles. The lowest BCUT2D eigenvalue weighted by molar-refractivity contribution is 0.110. The van der Waals surface area contributed by atoms with Gasteiger partial charge in [0.05, 0.1) is 12.7 Å². The lowest BCUT2D eigenvalue weighted by atomic mass is 10.5. The van der Waals surface area contributed by atoms with E-state index in [1.807, 2.05) is 0 Å². The lowest BCUT2D eigenvalue weighted by Gasteiger charge is -1.90. The zero-order valence-corrected chi connectivity index (χ0v) is 7.00. The van der Waals surface area contributed by atoms with Crippen molar-refractivity contribution in [2.24, 2.45) is 0 Å². The zero-order chi connectivity index (χ0) is 8.41. The zero-order valence-electron chi connectivity index (χ0n) is 7.00. The summed E-state index contributed by atoms with van der Waals surface area (Å²) in [6.45, 7) is 4.36. The van der Waals surface area contributed by atoms with E-state index in [0.29, 0.717) is 0 Å². The van der Waals surface area contributed by atoms with Gasteiger partial charge in [0.1, 0.15) is 0 Å². The summed E-state index contributed by atoms with van der Waals surface area (Å²) in [6.07, 6.45) is 0.561. The van der Waals surface area contributed by atoms with Crippen LogP contribution in [0.2, 0.25) is 0 Å². The topological polar surface area (TPSA) is 49.7 Å². The molecule has 0 aromatic rings. The molecule has 0 heterocycles. The second-order valence-corrected chi connectivity index (χ2v) is 2.02. The molecule has 0 aromatic carbocycles. The third-order valence-corrected chi connectivity index (χ3v) is 0.672. The Kier molecular flexibility index (Phi) is 14.6. The molecule has 0 aliphatic heterocycles. The second kappa shape index (κ2) is 11.6. The standard InChI is InChI=1S/C4H10O.C3H8O2/c1-3-4-5-2;1-3(5)2-4/h3-4H2,1-2H3;3-5H,2H2,1H3. The number of hydrogen-bond acceptors (Lipinski definition) is 3. The van der Waals surface area contributed by atoms with Crippen LogP contribution in [0, 0.1) is 0 Å².